The van der Waals surface area contributed by atoms with E-state index in [0.717, 1.165) is 11.3 Å². The summed E-state index contributed by atoms with van der Waals surface area (Å²) in [5.74, 6) is -1.25. The van der Waals surface area contributed by atoms with E-state index in [1.165, 1.54) is 6.07 Å². The lowest BCUT2D eigenvalue weighted by Crippen LogP contribution is -2.32. The molecule has 2 aromatic rings. The second-order valence-electron chi connectivity index (χ2n) is 4.71. The normalized spacial score (nSPS) is 12.0. The molecule has 0 aliphatic heterocycles. The van der Waals surface area contributed by atoms with Gasteiger partial charge in [-0.15, -0.1) is 0 Å². The van der Waals surface area contributed by atoms with Gasteiger partial charge in [-0.05, 0) is 52.7 Å². The first-order valence-electron chi connectivity index (χ1n) is 6.47. The average molecular weight is 352 g/mol. The number of carbonyl (C=O) groups is 1. The van der Waals surface area contributed by atoms with E-state index in [0.29, 0.717) is 4.47 Å². The molecule has 0 bridgehead atoms. The number of hydrogen-bond donors (Lipinski definition) is 1. The molecular weight excluding hydrogens is 337 g/mol. The second-order valence-corrected chi connectivity index (χ2v) is 5.56. The molecule has 0 heterocycles. The zero-order valence-electron chi connectivity index (χ0n) is 11.5. The Labute approximate surface area is 131 Å². The van der Waals surface area contributed by atoms with Crippen LogP contribution in [0.3, 0.4) is 0 Å². The molecule has 0 aromatic heterocycles. The van der Waals surface area contributed by atoms with Crippen LogP contribution in [-0.4, -0.2) is 17.6 Å². The SMILES string of the molecule is CC(c1ccc(F)c(Br)c1)N(CC(=O)O)c1ccccc1. The number of carboxylic acid groups (broad SMARTS) is 1. The predicted molar refractivity (Wildman–Crippen MR) is 83.9 cm³/mol. The van der Waals surface area contributed by atoms with E-state index in [-0.39, 0.29) is 18.4 Å². The minimum atomic E-state index is -0.910. The van der Waals surface area contributed by atoms with E-state index < -0.39 is 5.97 Å². The van der Waals surface area contributed by atoms with Gasteiger partial charge >= 0.3 is 5.97 Å². The number of para-hydroxylation sites is 1. The number of halogens is 2. The van der Waals surface area contributed by atoms with Gasteiger partial charge < -0.3 is 10.0 Å². The Bertz CT molecular complexity index is 633. The molecule has 1 N–H and O–H groups in total. The summed E-state index contributed by atoms with van der Waals surface area (Å²) >= 11 is 3.16. The van der Waals surface area contributed by atoms with Crippen LogP contribution in [-0.2, 0) is 4.79 Å². The lowest BCUT2D eigenvalue weighted by molar-refractivity contribution is -0.135. The molecule has 5 heteroatoms. The third-order valence-corrected chi connectivity index (χ3v) is 3.89. The molecule has 0 saturated carbocycles. The fourth-order valence-electron chi connectivity index (χ4n) is 2.17. The Kier molecular flexibility index (Phi) is 4.96. The average Bonchev–Trinajstić information content (AvgIpc) is 2.47. The number of nitrogens with zero attached hydrogens (tertiary/aromatic N) is 1. The number of benzene rings is 2. The molecule has 2 rings (SSSR count). The van der Waals surface area contributed by atoms with Gasteiger partial charge in [0, 0.05) is 5.69 Å². The van der Waals surface area contributed by atoms with Gasteiger partial charge in [0.1, 0.15) is 12.4 Å². The van der Waals surface area contributed by atoms with Crippen molar-refractivity contribution >= 4 is 27.6 Å². The van der Waals surface area contributed by atoms with E-state index >= 15 is 0 Å². The zero-order chi connectivity index (χ0) is 15.4. The van der Waals surface area contributed by atoms with Crippen molar-refractivity contribution in [1.29, 1.82) is 0 Å². The van der Waals surface area contributed by atoms with Gasteiger partial charge in [0.2, 0.25) is 0 Å². The number of hydrogen-bond acceptors (Lipinski definition) is 2. The van der Waals surface area contributed by atoms with Crippen LogP contribution < -0.4 is 4.90 Å². The summed E-state index contributed by atoms with van der Waals surface area (Å²) in [5.41, 5.74) is 1.65. The van der Waals surface area contributed by atoms with Gasteiger partial charge in [-0.3, -0.25) is 4.79 Å². The minimum Gasteiger partial charge on any atom is -0.480 e. The largest absolute Gasteiger partial charge is 0.480 e. The van der Waals surface area contributed by atoms with Crippen molar-refractivity contribution in [3.05, 3.63) is 64.4 Å². The van der Waals surface area contributed by atoms with E-state index in [1.807, 2.05) is 37.3 Å². The molecule has 110 valence electrons. The number of anilines is 1. The predicted octanol–water partition coefficient (Wildman–Crippen LogP) is 4.24. The van der Waals surface area contributed by atoms with Crippen molar-refractivity contribution in [3.8, 4) is 0 Å². The molecule has 0 aliphatic rings. The second kappa shape index (κ2) is 6.72. The smallest absolute Gasteiger partial charge is 0.323 e. The highest BCUT2D eigenvalue weighted by atomic mass is 79.9. The Morgan fingerprint density at radius 3 is 2.52 bits per heavy atom. The van der Waals surface area contributed by atoms with E-state index in [9.17, 15) is 9.18 Å². The summed E-state index contributed by atoms with van der Waals surface area (Å²) in [5, 5.41) is 9.13. The van der Waals surface area contributed by atoms with Gasteiger partial charge in [0.15, 0.2) is 0 Å². The molecule has 21 heavy (non-hydrogen) atoms. The molecule has 0 spiro atoms. The molecular formula is C16H15BrFNO2. The van der Waals surface area contributed by atoms with Crippen LogP contribution in [0.15, 0.2) is 53.0 Å². The van der Waals surface area contributed by atoms with Crippen molar-refractivity contribution in [3.63, 3.8) is 0 Å². The van der Waals surface area contributed by atoms with Crippen molar-refractivity contribution in [2.45, 2.75) is 13.0 Å². The van der Waals surface area contributed by atoms with Crippen LogP contribution in [0.4, 0.5) is 10.1 Å². The van der Waals surface area contributed by atoms with Crippen molar-refractivity contribution in [2.24, 2.45) is 0 Å². The molecule has 1 unspecified atom stereocenters. The third kappa shape index (κ3) is 3.82. The van der Waals surface area contributed by atoms with Crippen LogP contribution >= 0.6 is 15.9 Å². The van der Waals surface area contributed by atoms with Gasteiger partial charge in [-0.2, -0.15) is 0 Å². The molecule has 0 amide bonds. The van der Waals surface area contributed by atoms with Crippen molar-refractivity contribution in [2.75, 3.05) is 11.4 Å². The third-order valence-electron chi connectivity index (χ3n) is 3.29. The van der Waals surface area contributed by atoms with Crippen LogP contribution in [0.5, 0.6) is 0 Å². The highest BCUT2D eigenvalue weighted by Crippen LogP contribution is 2.29. The van der Waals surface area contributed by atoms with E-state index in [4.69, 9.17) is 5.11 Å². The monoisotopic (exact) mass is 351 g/mol. The van der Waals surface area contributed by atoms with Crippen LogP contribution in [0.1, 0.15) is 18.5 Å². The maximum absolute atomic E-state index is 13.3. The summed E-state index contributed by atoms with van der Waals surface area (Å²) in [6.07, 6.45) is 0. The van der Waals surface area contributed by atoms with Crippen LogP contribution in [0.25, 0.3) is 0 Å². The first-order chi connectivity index (χ1) is 9.99. The fourth-order valence-corrected chi connectivity index (χ4v) is 2.57. The number of carboxylic acids is 1. The Morgan fingerprint density at radius 2 is 1.95 bits per heavy atom. The van der Waals surface area contributed by atoms with Gasteiger partial charge in [-0.1, -0.05) is 24.3 Å². The number of rotatable bonds is 5. The van der Waals surface area contributed by atoms with Gasteiger partial charge in [0.05, 0.1) is 10.5 Å². The first-order valence-corrected chi connectivity index (χ1v) is 7.27. The standard InChI is InChI=1S/C16H15BrFNO2/c1-11(12-7-8-15(18)14(17)9-12)19(10-16(20)21)13-5-3-2-4-6-13/h2-9,11H,10H2,1H3,(H,20,21). The zero-order valence-corrected chi connectivity index (χ0v) is 13.0. The molecule has 1 atom stereocenters. The van der Waals surface area contributed by atoms with E-state index in [1.54, 1.807) is 17.0 Å². The molecule has 0 saturated heterocycles. The summed E-state index contributed by atoms with van der Waals surface area (Å²) in [6, 6.07) is 13.8. The van der Waals surface area contributed by atoms with Crippen LogP contribution in [0, 0.1) is 5.82 Å². The quantitative estimate of drug-likeness (QED) is 0.875. The maximum atomic E-state index is 13.3. The Balaban J connectivity index is 2.35. The lowest BCUT2D eigenvalue weighted by atomic mass is 10.1. The van der Waals surface area contributed by atoms with Gasteiger partial charge in [0.25, 0.3) is 0 Å². The summed E-state index contributed by atoms with van der Waals surface area (Å²) < 4.78 is 13.7. The van der Waals surface area contributed by atoms with Crippen molar-refractivity contribution < 1.29 is 14.3 Å². The highest BCUT2D eigenvalue weighted by Gasteiger charge is 2.19. The molecule has 2 aromatic carbocycles. The molecule has 0 fully saturated rings. The van der Waals surface area contributed by atoms with Crippen molar-refractivity contribution in [1.82, 2.24) is 0 Å². The van der Waals surface area contributed by atoms with Crippen LogP contribution in [0.2, 0.25) is 0 Å². The topological polar surface area (TPSA) is 40.5 Å². The Hall–Kier alpha value is -1.88. The molecule has 0 radical (unpaired) electrons. The number of aliphatic carboxylic acids is 1. The highest BCUT2D eigenvalue weighted by molar-refractivity contribution is 9.10. The minimum absolute atomic E-state index is 0.125. The van der Waals surface area contributed by atoms with E-state index in [2.05, 4.69) is 15.9 Å². The lowest BCUT2D eigenvalue weighted by Gasteiger charge is -2.30. The molecule has 3 nitrogen and oxygen atoms in total. The first kappa shape index (κ1) is 15.5. The summed E-state index contributed by atoms with van der Waals surface area (Å²) in [6.45, 7) is 1.77. The fraction of sp³-hybridized carbons (Fsp3) is 0.188. The summed E-state index contributed by atoms with van der Waals surface area (Å²) in [7, 11) is 0. The molecule has 0 aliphatic carbocycles. The maximum Gasteiger partial charge on any atom is 0.323 e. The Morgan fingerprint density at radius 1 is 1.29 bits per heavy atom. The summed E-state index contributed by atoms with van der Waals surface area (Å²) in [4.78, 5) is 12.9. The van der Waals surface area contributed by atoms with Gasteiger partial charge in [-0.25, -0.2) is 4.39 Å².